The predicted molar refractivity (Wildman–Crippen MR) is 55.7 cm³/mol. The Labute approximate surface area is 85.6 Å². The van der Waals surface area contributed by atoms with E-state index in [0.29, 0.717) is 11.8 Å². The van der Waals surface area contributed by atoms with Gasteiger partial charge in [0.2, 0.25) is 0 Å². The first kappa shape index (κ1) is 10.2. The lowest BCUT2D eigenvalue weighted by Crippen LogP contribution is -2.23. The molecule has 0 spiro atoms. The van der Waals surface area contributed by atoms with Crippen LogP contribution in [-0.4, -0.2) is 22.9 Å². The third-order valence-electron chi connectivity index (χ3n) is 4.55. The lowest BCUT2D eigenvalue weighted by atomic mass is 9.75. The molecule has 2 aliphatic rings. The monoisotopic (exact) mass is 196 g/mol. The van der Waals surface area contributed by atoms with Crippen molar-refractivity contribution < 1.29 is 10.2 Å². The standard InChI is InChI=1S/C12H20O2/c1-7-4-8-9(6-13)11(14)5-10(8)12(7,2)3/h4,8-11,13-14H,5-6H2,1-3H3. The molecule has 0 radical (unpaired) electrons. The van der Waals surface area contributed by atoms with Gasteiger partial charge in [0.05, 0.1) is 6.10 Å². The third kappa shape index (κ3) is 1.17. The highest BCUT2D eigenvalue weighted by Gasteiger charge is 2.51. The minimum atomic E-state index is -0.307. The summed E-state index contributed by atoms with van der Waals surface area (Å²) in [6, 6.07) is 0. The van der Waals surface area contributed by atoms with Crippen LogP contribution in [0.2, 0.25) is 0 Å². The van der Waals surface area contributed by atoms with E-state index in [-0.39, 0.29) is 24.0 Å². The molecule has 0 aromatic rings. The molecule has 14 heavy (non-hydrogen) atoms. The molecule has 1 saturated carbocycles. The Morgan fingerprint density at radius 1 is 1.50 bits per heavy atom. The van der Waals surface area contributed by atoms with E-state index < -0.39 is 0 Å². The number of hydrogen-bond donors (Lipinski definition) is 2. The molecule has 0 saturated heterocycles. The van der Waals surface area contributed by atoms with Crippen LogP contribution >= 0.6 is 0 Å². The van der Waals surface area contributed by atoms with Crippen molar-refractivity contribution in [3.63, 3.8) is 0 Å². The van der Waals surface area contributed by atoms with Crippen LogP contribution in [0.3, 0.4) is 0 Å². The van der Waals surface area contributed by atoms with Crippen molar-refractivity contribution in [2.45, 2.75) is 33.3 Å². The summed E-state index contributed by atoms with van der Waals surface area (Å²) in [4.78, 5) is 0. The highest BCUT2D eigenvalue weighted by molar-refractivity contribution is 5.25. The first-order chi connectivity index (χ1) is 6.48. The third-order valence-corrected chi connectivity index (χ3v) is 4.55. The van der Waals surface area contributed by atoms with E-state index in [0.717, 1.165) is 6.42 Å². The Bertz CT molecular complexity index is 267. The molecule has 2 nitrogen and oxygen atoms in total. The molecular formula is C12H20O2. The normalized spacial score (nSPS) is 45.1. The Morgan fingerprint density at radius 2 is 2.14 bits per heavy atom. The van der Waals surface area contributed by atoms with Gasteiger partial charge in [0, 0.05) is 12.5 Å². The maximum atomic E-state index is 9.82. The molecule has 2 aliphatic carbocycles. The van der Waals surface area contributed by atoms with E-state index in [2.05, 4.69) is 26.8 Å². The second-order valence-corrected chi connectivity index (χ2v) is 5.40. The van der Waals surface area contributed by atoms with Crippen molar-refractivity contribution in [2.24, 2.45) is 23.2 Å². The fraction of sp³-hybridized carbons (Fsp3) is 0.833. The second kappa shape index (κ2) is 3.07. The summed E-state index contributed by atoms with van der Waals surface area (Å²) in [5, 5.41) is 19.1. The van der Waals surface area contributed by atoms with Gasteiger partial charge in [-0.1, -0.05) is 25.5 Å². The number of rotatable bonds is 1. The first-order valence-electron chi connectivity index (χ1n) is 5.46. The van der Waals surface area contributed by atoms with Crippen molar-refractivity contribution in [2.75, 3.05) is 6.61 Å². The van der Waals surface area contributed by atoms with Gasteiger partial charge in [-0.2, -0.15) is 0 Å². The van der Waals surface area contributed by atoms with Gasteiger partial charge in [0.25, 0.3) is 0 Å². The lowest BCUT2D eigenvalue weighted by molar-refractivity contribution is 0.0799. The van der Waals surface area contributed by atoms with E-state index in [4.69, 9.17) is 0 Å². The summed E-state index contributed by atoms with van der Waals surface area (Å²) in [5.74, 6) is 0.983. The molecule has 0 aromatic heterocycles. The summed E-state index contributed by atoms with van der Waals surface area (Å²) in [6.07, 6.45) is 2.80. The van der Waals surface area contributed by atoms with Crippen LogP contribution in [0.15, 0.2) is 11.6 Å². The molecule has 80 valence electrons. The molecule has 1 fully saturated rings. The fourth-order valence-corrected chi connectivity index (χ4v) is 3.20. The quantitative estimate of drug-likeness (QED) is 0.625. The molecule has 0 bridgehead atoms. The Kier molecular flexibility index (Phi) is 2.24. The molecule has 0 amide bonds. The lowest BCUT2D eigenvalue weighted by Gasteiger charge is -2.29. The molecular weight excluding hydrogens is 176 g/mol. The maximum absolute atomic E-state index is 9.82. The Hall–Kier alpha value is -0.340. The summed E-state index contributed by atoms with van der Waals surface area (Å²) in [6.45, 7) is 6.77. The SMILES string of the molecule is CC1=CC2C(CO)C(O)CC2C1(C)C. The smallest absolute Gasteiger partial charge is 0.0599 e. The molecule has 0 aliphatic heterocycles. The number of aliphatic hydroxyl groups excluding tert-OH is 2. The van der Waals surface area contributed by atoms with Crippen molar-refractivity contribution in [3.8, 4) is 0 Å². The van der Waals surface area contributed by atoms with E-state index in [9.17, 15) is 10.2 Å². The number of aliphatic hydroxyl groups is 2. The van der Waals surface area contributed by atoms with Gasteiger partial charge in [0.1, 0.15) is 0 Å². The van der Waals surface area contributed by atoms with Crippen LogP contribution in [0.25, 0.3) is 0 Å². The fourth-order valence-electron chi connectivity index (χ4n) is 3.20. The molecule has 2 rings (SSSR count). The van der Waals surface area contributed by atoms with Gasteiger partial charge in [0.15, 0.2) is 0 Å². The van der Waals surface area contributed by atoms with Gasteiger partial charge >= 0.3 is 0 Å². The van der Waals surface area contributed by atoms with Crippen LogP contribution in [0.5, 0.6) is 0 Å². The van der Waals surface area contributed by atoms with Crippen LogP contribution in [0.4, 0.5) is 0 Å². The van der Waals surface area contributed by atoms with Crippen molar-refractivity contribution in [1.82, 2.24) is 0 Å². The van der Waals surface area contributed by atoms with Crippen LogP contribution in [0.1, 0.15) is 27.2 Å². The topological polar surface area (TPSA) is 40.5 Å². The molecule has 4 atom stereocenters. The summed E-state index contributed by atoms with van der Waals surface area (Å²) >= 11 is 0. The van der Waals surface area contributed by atoms with Crippen LogP contribution in [-0.2, 0) is 0 Å². The summed E-state index contributed by atoms with van der Waals surface area (Å²) in [5.41, 5.74) is 1.62. The average Bonchev–Trinajstić information content (AvgIpc) is 2.51. The van der Waals surface area contributed by atoms with Crippen LogP contribution in [0, 0.1) is 23.2 Å². The molecule has 2 heteroatoms. The number of hydrogen-bond acceptors (Lipinski definition) is 2. The largest absolute Gasteiger partial charge is 0.396 e. The predicted octanol–water partition coefficient (Wildman–Crippen LogP) is 1.58. The number of fused-ring (bicyclic) bond motifs is 1. The zero-order chi connectivity index (χ0) is 10.5. The van der Waals surface area contributed by atoms with Crippen molar-refractivity contribution >= 4 is 0 Å². The summed E-state index contributed by atoms with van der Waals surface area (Å²) in [7, 11) is 0. The minimum Gasteiger partial charge on any atom is -0.396 e. The highest BCUT2D eigenvalue weighted by atomic mass is 16.3. The van der Waals surface area contributed by atoms with E-state index >= 15 is 0 Å². The van der Waals surface area contributed by atoms with Gasteiger partial charge in [-0.3, -0.25) is 0 Å². The Balaban J connectivity index is 2.29. The van der Waals surface area contributed by atoms with Gasteiger partial charge in [-0.05, 0) is 30.6 Å². The minimum absolute atomic E-state index is 0.0664. The zero-order valence-electron chi connectivity index (χ0n) is 9.20. The van der Waals surface area contributed by atoms with Gasteiger partial charge in [-0.15, -0.1) is 0 Å². The average molecular weight is 196 g/mol. The van der Waals surface area contributed by atoms with Crippen molar-refractivity contribution in [1.29, 1.82) is 0 Å². The number of allylic oxidation sites excluding steroid dienone is 2. The molecule has 0 heterocycles. The van der Waals surface area contributed by atoms with Crippen LogP contribution < -0.4 is 0 Å². The van der Waals surface area contributed by atoms with Gasteiger partial charge < -0.3 is 10.2 Å². The van der Waals surface area contributed by atoms with E-state index in [1.165, 1.54) is 5.57 Å². The van der Waals surface area contributed by atoms with E-state index in [1.807, 2.05) is 0 Å². The Morgan fingerprint density at radius 3 is 2.71 bits per heavy atom. The molecule has 0 aromatic carbocycles. The summed E-state index contributed by atoms with van der Waals surface area (Å²) < 4.78 is 0. The first-order valence-corrected chi connectivity index (χ1v) is 5.46. The maximum Gasteiger partial charge on any atom is 0.0599 e. The zero-order valence-corrected chi connectivity index (χ0v) is 9.20. The second-order valence-electron chi connectivity index (χ2n) is 5.40. The highest BCUT2D eigenvalue weighted by Crippen LogP contribution is 2.55. The van der Waals surface area contributed by atoms with Gasteiger partial charge in [-0.25, -0.2) is 0 Å². The molecule has 4 unspecified atom stereocenters. The molecule has 2 N–H and O–H groups in total. The van der Waals surface area contributed by atoms with E-state index in [1.54, 1.807) is 0 Å². The van der Waals surface area contributed by atoms with Crippen molar-refractivity contribution in [3.05, 3.63) is 11.6 Å².